The van der Waals surface area contributed by atoms with Crippen molar-refractivity contribution in [3.63, 3.8) is 0 Å². The maximum atomic E-state index is 11.3. The SMILES string of the molecule is C#CCC(CC)NCCC(=O)NC(C)C. The zero-order valence-corrected chi connectivity index (χ0v) is 9.97. The summed E-state index contributed by atoms with van der Waals surface area (Å²) in [6, 6.07) is 0.548. The first kappa shape index (κ1) is 14.0. The Morgan fingerprint density at radius 3 is 2.60 bits per heavy atom. The van der Waals surface area contributed by atoms with Crippen LogP contribution in [0.4, 0.5) is 0 Å². The van der Waals surface area contributed by atoms with Crippen LogP contribution in [0, 0.1) is 12.3 Å². The summed E-state index contributed by atoms with van der Waals surface area (Å²) in [5, 5.41) is 6.12. The van der Waals surface area contributed by atoms with Crippen LogP contribution in [-0.4, -0.2) is 24.5 Å². The van der Waals surface area contributed by atoms with Crippen molar-refractivity contribution in [2.45, 2.75) is 52.1 Å². The normalized spacial score (nSPS) is 12.2. The summed E-state index contributed by atoms with van der Waals surface area (Å²) in [6.45, 7) is 6.69. The van der Waals surface area contributed by atoms with Crippen molar-refractivity contribution in [1.82, 2.24) is 10.6 Å². The highest BCUT2D eigenvalue weighted by molar-refractivity contribution is 5.76. The van der Waals surface area contributed by atoms with Gasteiger partial charge in [-0.15, -0.1) is 12.3 Å². The van der Waals surface area contributed by atoms with E-state index in [1.165, 1.54) is 0 Å². The second kappa shape index (κ2) is 8.31. The Balaban J connectivity index is 3.59. The molecule has 0 aromatic heterocycles. The summed E-state index contributed by atoms with van der Waals surface area (Å²) < 4.78 is 0. The average Bonchev–Trinajstić information content (AvgIpc) is 2.15. The number of nitrogens with one attached hydrogen (secondary N) is 2. The van der Waals surface area contributed by atoms with Crippen LogP contribution >= 0.6 is 0 Å². The molecule has 0 aliphatic carbocycles. The van der Waals surface area contributed by atoms with Crippen molar-refractivity contribution in [3.8, 4) is 12.3 Å². The van der Waals surface area contributed by atoms with Crippen LogP contribution < -0.4 is 10.6 Å². The van der Waals surface area contributed by atoms with Gasteiger partial charge in [-0.1, -0.05) is 6.92 Å². The van der Waals surface area contributed by atoms with Crippen LogP contribution in [0.1, 0.15) is 40.0 Å². The molecule has 3 heteroatoms. The molecule has 0 saturated carbocycles. The first-order valence-electron chi connectivity index (χ1n) is 5.56. The molecule has 0 heterocycles. The van der Waals surface area contributed by atoms with Crippen LogP contribution in [0.3, 0.4) is 0 Å². The lowest BCUT2D eigenvalue weighted by Gasteiger charge is -2.14. The topological polar surface area (TPSA) is 41.1 Å². The molecule has 2 N–H and O–H groups in total. The Kier molecular flexibility index (Phi) is 7.75. The van der Waals surface area contributed by atoms with E-state index in [0.29, 0.717) is 19.0 Å². The largest absolute Gasteiger partial charge is 0.354 e. The van der Waals surface area contributed by atoms with Gasteiger partial charge in [0, 0.05) is 31.5 Å². The Labute approximate surface area is 93.0 Å². The van der Waals surface area contributed by atoms with E-state index in [-0.39, 0.29) is 11.9 Å². The predicted octanol–water partition coefficient (Wildman–Crippen LogP) is 1.29. The third-order valence-corrected chi connectivity index (χ3v) is 2.09. The molecular weight excluding hydrogens is 188 g/mol. The number of amides is 1. The zero-order valence-electron chi connectivity index (χ0n) is 9.97. The zero-order chi connectivity index (χ0) is 11.7. The van der Waals surface area contributed by atoms with Crippen molar-refractivity contribution in [2.24, 2.45) is 0 Å². The van der Waals surface area contributed by atoms with Crippen LogP contribution in [0.25, 0.3) is 0 Å². The number of hydrogen-bond acceptors (Lipinski definition) is 2. The van der Waals surface area contributed by atoms with Crippen LogP contribution in [0.2, 0.25) is 0 Å². The van der Waals surface area contributed by atoms with E-state index in [1.807, 2.05) is 13.8 Å². The number of rotatable bonds is 7. The highest BCUT2D eigenvalue weighted by Gasteiger charge is 2.06. The predicted molar refractivity (Wildman–Crippen MR) is 63.4 cm³/mol. The summed E-state index contributed by atoms with van der Waals surface area (Å²) in [7, 11) is 0. The average molecular weight is 210 g/mol. The molecule has 0 spiro atoms. The molecule has 1 unspecified atom stereocenters. The number of carbonyl (C=O) groups is 1. The Morgan fingerprint density at radius 1 is 1.47 bits per heavy atom. The van der Waals surface area contributed by atoms with Gasteiger partial charge in [-0.05, 0) is 20.3 Å². The third kappa shape index (κ3) is 8.02. The standard InChI is InChI=1S/C12H22N2O/c1-5-7-11(6-2)13-9-8-12(15)14-10(3)4/h1,10-11,13H,6-9H2,2-4H3,(H,14,15). The Morgan fingerprint density at radius 2 is 2.13 bits per heavy atom. The van der Waals surface area contributed by atoms with E-state index < -0.39 is 0 Å². The van der Waals surface area contributed by atoms with Crippen LogP contribution in [-0.2, 0) is 4.79 Å². The molecule has 0 rings (SSSR count). The quantitative estimate of drug-likeness (QED) is 0.622. The monoisotopic (exact) mass is 210 g/mol. The molecule has 0 aromatic rings. The van der Waals surface area contributed by atoms with Gasteiger partial charge in [-0.2, -0.15) is 0 Å². The molecule has 0 bridgehead atoms. The highest BCUT2D eigenvalue weighted by Crippen LogP contribution is 1.95. The summed E-state index contributed by atoms with van der Waals surface area (Å²) in [5.41, 5.74) is 0. The fourth-order valence-electron chi connectivity index (χ4n) is 1.29. The van der Waals surface area contributed by atoms with E-state index in [2.05, 4.69) is 23.5 Å². The van der Waals surface area contributed by atoms with E-state index in [1.54, 1.807) is 0 Å². The van der Waals surface area contributed by atoms with E-state index >= 15 is 0 Å². The van der Waals surface area contributed by atoms with Gasteiger partial charge < -0.3 is 10.6 Å². The van der Waals surface area contributed by atoms with Crippen molar-refractivity contribution < 1.29 is 4.79 Å². The number of hydrogen-bond donors (Lipinski definition) is 2. The van der Waals surface area contributed by atoms with E-state index in [9.17, 15) is 4.79 Å². The van der Waals surface area contributed by atoms with Crippen LogP contribution in [0.15, 0.2) is 0 Å². The molecule has 1 atom stereocenters. The fourth-order valence-corrected chi connectivity index (χ4v) is 1.29. The second-order valence-corrected chi connectivity index (χ2v) is 3.94. The van der Waals surface area contributed by atoms with Crippen molar-refractivity contribution in [3.05, 3.63) is 0 Å². The lowest BCUT2D eigenvalue weighted by atomic mass is 10.1. The molecule has 0 radical (unpaired) electrons. The molecule has 1 amide bonds. The van der Waals surface area contributed by atoms with Gasteiger partial charge in [-0.25, -0.2) is 0 Å². The molecular formula is C12H22N2O. The Hall–Kier alpha value is -1.01. The smallest absolute Gasteiger partial charge is 0.221 e. The minimum absolute atomic E-state index is 0.0908. The molecule has 0 fully saturated rings. The fraction of sp³-hybridized carbons (Fsp3) is 0.750. The van der Waals surface area contributed by atoms with Crippen molar-refractivity contribution >= 4 is 5.91 Å². The van der Waals surface area contributed by atoms with Crippen molar-refractivity contribution in [2.75, 3.05) is 6.54 Å². The first-order chi connectivity index (χ1) is 7.10. The molecule has 3 nitrogen and oxygen atoms in total. The summed E-state index contributed by atoms with van der Waals surface area (Å²) in [5.74, 6) is 2.72. The van der Waals surface area contributed by atoms with E-state index in [4.69, 9.17) is 6.42 Å². The minimum atomic E-state index is 0.0908. The van der Waals surface area contributed by atoms with Gasteiger partial charge in [0.25, 0.3) is 0 Å². The molecule has 0 aliphatic rings. The molecule has 0 aliphatic heterocycles. The molecule has 86 valence electrons. The maximum absolute atomic E-state index is 11.3. The van der Waals surface area contributed by atoms with Gasteiger partial charge in [0.1, 0.15) is 0 Å². The summed E-state index contributed by atoms with van der Waals surface area (Å²) in [4.78, 5) is 11.3. The second-order valence-electron chi connectivity index (χ2n) is 3.94. The Bertz CT molecular complexity index is 218. The molecule has 0 saturated heterocycles. The lowest BCUT2D eigenvalue weighted by molar-refractivity contribution is -0.121. The number of terminal acetylenes is 1. The van der Waals surface area contributed by atoms with Gasteiger partial charge in [0.15, 0.2) is 0 Å². The first-order valence-corrected chi connectivity index (χ1v) is 5.56. The molecule has 0 aromatic carbocycles. The molecule has 15 heavy (non-hydrogen) atoms. The summed E-state index contributed by atoms with van der Waals surface area (Å²) >= 11 is 0. The van der Waals surface area contributed by atoms with Gasteiger partial charge >= 0.3 is 0 Å². The van der Waals surface area contributed by atoms with Crippen molar-refractivity contribution in [1.29, 1.82) is 0 Å². The third-order valence-electron chi connectivity index (χ3n) is 2.09. The van der Waals surface area contributed by atoms with Gasteiger partial charge in [-0.3, -0.25) is 4.79 Å². The highest BCUT2D eigenvalue weighted by atomic mass is 16.1. The number of carbonyl (C=O) groups excluding carboxylic acids is 1. The maximum Gasteiger partial charge on any atom is 0.221 e. The van der Waals surface area contributed by atoms with Gasteiger partial charge in [0.2, 0.25) is 5.91 Å². The lowest BCUT2D eigenvalue weighted by Crippen LogP contribution is -2.35. The van der Waals surface area contributed by atoms with Crippen LogP contribution in [0.5, 0.6) is 0 Å². The van der Waals surface area contributed by atoms with E-state index in [0.717, 1.165) is 12.8 Å². The van der Waals surface area contributed by atoms with Gasteiger partial charge in [0.05, 0.1) is 0 Å². The summed E-state index contributed by atoms with van der Waals surface area (Å²) in [6.07, 6.45) is 7.47. The minimum Gasteiger partial charge on any atom is -0.354 e.